The second kappa shape index (κ2) is 5.98. The van der Waals surface area contributed by atoms with E-state index >= 15 is 0 Å². The number of fused-ring (bicyclic) bond motifs is 3. The van der Waals surface area contributed by atoms with Crippen LogP contribution in [-0.2, 0) is 0 Å². The first-order chi connectivity index (χ1) is 11.9. The second-order valence-corrected chi connectivity index (χ2v) is 5.80. The van der Waals surface area contributed by atoms with Gasteiger partial charge < -0.3 is 0 Å². The van der Waals surface area contributed by atoms with Gasteiger partial charge in [-0.2, -0.15) is 0 Å². The third-order valence-electron chi connectivity index (χ3n) is 4.63. The van der Waals surface area contributed by atoms with Crippen LogP contribution in [0.2, 0.25) is 0 Å². The van der Waals surface area contributed by atoms with Crippen molar-refractivity contribution in [1.82, 2.24) is 0 Å². The minimum atomic E-state index is 1.28. The van der Waals surface area contributed by atoms with Crippen molar-refractivity contribution in [2.75, 3.05) is 0 Å². The van der Waals surface area contributed by atoms with Gasteiger partial charge in [0.15, 0.2) is 0 Å². The van der Waals surface area contributed by atoms with Gasteiger partial charge in [-0.3, -0.25) is 0 Å². The molecule has 24 heavy (non-hydrogen) atoms. The molecule has 0 heteroatoms. The highest BCUT2D eigenvalue weighted by Gasteiger charge is 2.21. The molecule has 0 N–H and O–H groups in total. The van der Waals surface area contributed by atoms with E-state index in [0.717, 1.165) is 0 Å². The molecule has 0 aromatic heterocycles. The molecule has 0 bridgehead atoms. The molecule has 0 unspecified atom stereocenters. The number of hydrogen-bond acceptors (Lipinski definition) is 0. The van der Waals surface area contributed by atoms with Gasteiger partial charge in [-0.1, -0.05) is 98.8 Å². The molecule has 0 heterocycles. The largest absolute Gasteiger partial charge is 0.0683 e. The van der Waals surface area contributed by atoms with Gasteiger partial charge in [0, 0.05) is 0 Å². The van der Waals surface area contributed by atoms with Crippen LogP contribution in [0.3, 0.4) is 0 Å². The molecule has 1 aliphatic carbocycles. The first kappa shape index (κ1) is 14.7. The molecule has 4 aromatic carbocycles. The number of benzene rings is 4. The summed E-state index contributed by atoms with van der Waals surface area (Å²) in [5, 5.41) is 2.74. The van der Waals surface area contributed by atoms with Gasteiger partial charge in [0.05, 0.1) is 0 Å². The van der Waals surface area contributed by atoms with Crippen LogP contribution >= 0.6 is 0 Å². The molecule has 5 rings (SSSR count). The van der Waals surface area contributed by atoms with E-state index in [0.29, 0.717) is 0 Å². The highest BCUT2D eigenvalue weighted by molar-refractivity contribution is 6.18. The predicted octanol–water partition coefficient (Wildman–Crippen LogP) is 7.18. The summed E-state index contributed by atoms with van der Waals surface area (Å²) in [4.78, 5) is 0. The summed E-state index contributed by atoms with van der Waals surface area (Å²) in [5.74, 6) is 0. The van der Waals surface area contributed by atoms with E-state index < -0.39 is 0 Å². The molecular formula is C24H20. The number of hydrogen-bond donors (Lipinski definition) is 0. The zero-order chi connectivity index (χ0) is 16.5. The molecular weight excluding hydrogens is 288 g/mol. The molecule has 0 saturated heterocycles. The van der Waals surface area contributed by atoms with Crippen molar-refractivity contribution in [2.24, 2.45) is 0 Å². The van der Waals surface area contributed by atoms with E-state index in [1.54, 1.807) is 0 Å². The fourth-order valence-corrected chi connectivity index (χ4v) is 3.68. The minimum absolute atomic E-state index is 1.28. The van der Waals surface area contributed by atoms with Crippen LogP contribution in [0.1, 0.15) is 13.8 Å². The van der Waals surface area contributed by atoms with Gasteiger partial charge >= 0.3 is 0 Å². The predicted molar refractivity (Wildman–Crippen MR) is 105 cm³/mol. The Labute approximate surface area is 143 Å². The maximum Gasteiger partial charge on any atom is -0.00201 e. The summed E-state index contributed by atoms with van der Waals surface area (Å²) in [5.41, 5.74) is 8.03. The lowest BCUT2D eigenvalue weighted by Gasteiger charge is -2.09. The van der Waals surface area contributed by atoms with Crippen LogP contribution in [0.15, 0.2) is 84.9 Å². The zero-order valence-corrected chi connectivity index (χ0v) is 14.1. The third-order valence-corrected chi connectivity index (χ3v) is 4.63. The Kier molecular flexibility index (Phi) is 3.66. The average molecular weight is 308 g/mol. The van der Waals surface area contributed by atoms with Gasteiger partial charge in [0.2, 0.25) is 0 Å². The summed E-state index contributed by atoms with van der Waals surface area (Å²) in [6.07, 6.45) is 0. The van der Waals surface area contributed by atoms with Crippen molar-refractivity contribution in [3.63, 3.8) is 0 Å². The van der Waals surface area contributed by atoms with Crippen LogP contribution in [0.4, 0.5) is 0 Å². The van der Waals surface area contributed by atoms with E-state index in [4.69, 9.17) is 0 Å². The van der Waals surface area contributed by atoms with Gasteiger partial charge in [0.25, 0.3) is 0 Å². The molecule has 0 amide bonds. The molecule has 0 atom stereocenters. The van der Waals surface area contributed by atoms with Crippen molar-refractivity contribution < 1.29 is 0 Å². The van der Waals surface area contributed by atoms with E-state index in [1.807, 2.05) is 13.8 Å². The molecule has 0 fully saturated rings. The SMILES string of the molecule is CC.c1ccc(-c2ccc3c4c(cccc24)-c2ccccc2-3)cc1. The normalized spacial score (nSPS) is 10.9. The summed E-state index contributed by atoms with van der Waals surface area (Å²) >= 11 is 0. The van der Waals surface area contributed by atoms with Crippen molar-refractivity contribution in [1.29, 1.82) is 0 Å². The fourth-order valence-electron chi connectivity index (χ4n) is 3.68. The van der Waals surface area contributed by atoms with Crippen molar-refractivity contribution >= 4 is 10.8 Å². The van der Waals surface area contributed by atoms with Gasteiger partial charge in [-0.15, -0.1) is 0 Å². The summed E-state index contributed by atoms with van der Waals surface area (Å²) in [7, 11) is 0. The first-order valence-corrected chi connectivity index (χ1v) is 8.64. The lowest BCUT2D eigenvalue weighted by molar-refractivity contribution is 1.50. The smallest absolute Gasteiger partial charge is 0.00201 e. The van der Waals surface area contributed by atoms with E-state index in [-0.39, 0.29) is 0 Å². The highest BCUT2D eigenvalue weighted by atomic mass is 14.2. The second-order valence-electron chi connectivity index (χ2n) is 5.80. The van der Waals surface area contributed by atoms with E-state index in [2.05, 4.69) is 84.9 Å². The number of rotatable bonds is 1. The van der Waals surface area contributed by atoms with Crippen LogP contribution in [0.25, 0.3) is 44.2 Å². The van der Waals surface area contributed by atoms with Gasteiger partial charge in [-0.05, 0) is 44.2 Å². The maximum atomic E-state index is 2.28. The molecule has 0 radical (unpaired) electrons. The molecule has 0 saturated carbocycles. The zero-order valence-electron chi connectivity index (χ0n) is 14.1. The standard InChI is InChI=1S/C22H14.C2H6/c1-2-7-15(8-3-1)16-13-14-21-18-10-5-4-9-17(18)20-12-6-11-19(16)22(20)21;1-2/h1-14H;1-2H3. The lowest BCUT2D eigenvalue weighted by atomic mass is 9.94. The molecule has 116 valence electrons. The van der Waals surface area contributed by atoms with Gasteiger partial charge in [0.1, 0.15) is 0 Å². The van der Waals surface area contributed by atoms with Crippen LogP contribution in [0, 0.1) is 0 Å². The maximum absolute atomic E-state index is 2.28. The van der Waals surface area contributed by atoms with Crippen molar-refractivity contribution in [3.8, 4) is 33.4 Å². The molecule has 4 aromatic rings. The Morgan fingerprint density at radius 1 is 0.417 bits per heavy atom. The topological polar surface area (TPSA) is 0 Å². The van der Waals surface area contributed by atoms with Crippen molar-refractivity contribution in [3.05, 3.63) is 84.9 Å². The summed E-state index contributed by atoms with van der Waals surface area (Å²) in [6.45, 7) is 4.00. The molecule has 0 nitrogen and oxygen atoms in total. The van der Waals surface area contributed by atoms with Crippen LogP contribution < -0.4 is 0 Å². The monoisotopic (exact) mass is 308 g/mol. The quantitative estimate of drug-likeness (QED) is 0.307. The Balaban J connectivity index is 0.000000704. The third kappa shape index (κ3) is 2.07. The minimum Gasteiger partial charge on any atom is -0.0683 e. The van der Waals surface area contributed by atoms with Crippen LogP contribution in [0.5, 0.6) is 0 Å². The lowest BCUT2D eigenvalue weighted by Crippen LogP contribution is -1.82. The Morgan fingerprint density at radius 2 is 0.958 bits per heavy atom. The van der Waals surface area contributed by atoms with E-state index in [1.165, 1.54) is 44.2 Å². The Hall–Kier alpha value is -2.86. The van der Waals surface area contributed by atoms with E-state index in [9.17, 15) is 0 Å². The molecule has 1 aliphatic rings. The van der Waals surface area contributed by atoms with Crippen molar-refractivity contribution in [2.45, 2.75) is 13.8 Å². The van der Waals surface area contributed by atoms with Gasteiger partial charge in [-0.25, -0.2) is 0 Å². The Bertz CT molecular complexity index is 981. The molecule has 0 aliphatic heterocycles. The Morgan fingerprint density at radius 3 is 1.67 bits per heavy atom. The average Bonchev–Trinajstić information content (AvgIpc) is 3.01. The summed E-state index contributed by atoms with van der Waals surface area (Å²) in [6, 6.07) is 30.6. The first-order valence-electron chi connectivity index (χ1n) is 8.64. The highest BCUT2D eigenvalue weighted by Crippen LogP contribution is 2.48. The summed E-state index contributed by atoms with van der Waals surface area (Å²) < 4.78 is 0. The molecule has 0 spiro atoms. The van der Waals surface area contributed by atoms with Crippen LogP contribution in [-0.4, -0.2) is 0 Å². The fraction of sp³-hybridized carbons (Fsp3) is 0.0833.